The summed E-state index contributed by atoms with van der Waals surface area (Å²) in [4.78, 5) is 34.7. The molecule has 4 rings (SSSR count). The number of hydrogen-bond acceptors (Lipinski definition) is 6. The maximum Gasteiger partial charge on any atom is 0.186 e. The zero-order valence-corrected chi connectivity index (χ0v) is 27.8. The van der Waals surface area contributed by atoms with E-state index in [4.69, 9.17) is 0 Å². The molecule has 0 heterocycles. The van der Waals surface area contributed by atoms with Crippen molar-refractivity contribution in [2.75, 3.05) is 0 Å². The zero-order chi connectivity index (χ0) is 29.4. The van der Waals surface area contributed by atoms with Crippen LogP contribution in [0.4, 0.5) is 0 Å². The first-order chi connectivity index (χ1) is 19.7. The Hall–Kier alpha value is -2.33. The highest BCUT2D eigenvalue weighted by molar-refractivity contribution is 14.1. The van der Waals surface area contributed by atoms with Crippen molar-refractivity contribution in [3.63, 3.8) is 0 Å². The number of thioether (sulfide) groups is 3. The molecule has 0 fully saturated rings. The van der Waals surface area contributed by atoms with Crippen LogP contribution < -0.4 is 0 Å². The molecule has 0 saturated carbocycles. The van der Waals surface area contributed by atoms with E-state index < -0.39 is 5.41 Å². The molecule has 210 valence electrons. The molecule has 7 heteroatoms. The van der Waals surface area contributed by atoms with Crippen LogP contribution in [0.1, 0.15) is 59.7 Å². The minimum absolute atomic E-state index is 0.105. The molecule has 0 bridgehead atoms. The molecule has 0 radical (unpaired) electrons. The van der Waals surface area contributed by atoms with Crippen LogP contribution in [0.3, 0.4) is 0 Å². The van der Waals surface area contributed by atoms with Gasteiger partial charge in [-0.05, 0) is 73.7 Å². The van der Waals surface area contributed by atoms with Crippen LogP contribution in [0.2, 0.25) is 0 Å². The number of carbonyl (C=O) groups excluding carboxylic acids is 3. The predicted molar refractivity (Wildman–Crippen MR) is 183 cm³/mol. The quantitative estimate of drug-likeness (QED) is 0.121. The number of benzene rings is 4. The summed E-state index contributed by atoms with van der Waals surface area (Å²) < 4.78 is 1.16. The Labute approximate surface area is 268 Å². The maximum atomic E-state index is 11.6. The lowest BCUT2D eigenvalue weighted by atomic mass is 9.65. The van der Waals surface area contributed by atoms with Gasteiger partial charge in [-0.25, -0.2) is 0 Å². The van der Waals surface area contributed by atoms with Crippen molar-refractivity contribution in [3.8, 4) is 0 Å². The molecule has 0 spiro atoms. The third-order valence-electron chi connectivity index (χ3n) is 6.76. The molecule has 0 amide bonds. The number of halogens is 1. The molecular formula is C34H31IO3S3. The molecule has 0 saturated heterocycles. The van der Waals surface area contributed by atoms with Gasteiger partial charge in [-0.1, -0.05) is 120 Å². The largest absolute Gasteiger partial charge is 0.288 e. The summed E-state index contributed by atoms with van der Waals surface area (Å²) in [5, 5.41) is 0.315. The van der Waals surface area contributed by atoms with Crippen LogP contribution in [0, 0.1) is 3.57 Å². The van der Waals surface area contributed by atoms with Crippen molar-refractivity contribution < 1.29 is 14.4 Å². The third-order valence-corrected chi connectivity index (χ3v) is 10.1. The second kappa shape index (κ2) is 14.7. The van der Waals surface area contributed by atoms with E-state index >= 15 is 0 Å². The van der Waals surface area contributed by atoms with E-state index in [1.807, 2.05) is 0 Å². The van der Waals surface area contributed by atoms with Crippen molar-refractivity contribution in [2.24, 2.45) is 0 Å². The molecule has 0 aliphatic heterocycles. The monoisotopic (exact) mass is 710 g/mol. The van der Waals surface area contributed by atoms with Crippen LogP contribution in [0.15, 0.2) is 97.1 Å². The minimum Gasteiger partial charge on any atom is -0.288 e. The van der Waals surface area contributed by atoms with Gasteiger partial charge >= 0.3 is 0 Å². The van der Waals surface area contributed by atoms with Gasteiger partial charge in [0.1, 0.15) is 0 Å². The summed E-state index contributed by atoms with van der Waals surface area (Å²) in [6.07, 6.45) is 0. The van der Waals surface area contributed by atoms with Gasteiger partial charge < -0.3 is 0 Å². The fourth-order valence-corrected chi connectivity index (χ4v) is 6.85. The average molecular weight is 711 g/mol. The molecule has 0 atom stereocenters. The topological polar surface area (TPSA) is 51.2 Å². The van der Waals surface area contributed by atoms with Crippen molar-refractivity contribution in [3.05, 3.63) is 140 Å². The van der Waals surface area contributed by atoms with E-state index in [1.54, 1.807) is 20.8 Å². The highest BCUT2D eigenvalue weighted by Crippen LogP contribution is 2.45. The Morgan fingerprint density at radius 2 is 0.732 bits per heavy atom. The molecule has 0 aromatic heterocycles. The van der Waals surface area contributed by atoms with Gasteiger partial charge in [0.05, 0.1) is 5.41 Å². The van der Waals surface area contributed by atoms with E-state index in [1.165, 1.54) is 35.3 Å². The van der Waals surface area contributed by atoms with Gasteiger partial charge in [0.15, 0.2) is 15.3 Å². The number of carbonyl (C=O) groups is 3. The number of rotatable bonds is 10. The third kappa shape index (κ3) is 8.15. The van der Waals surface area contributed by atoms with Crippen LogP contribution in [0.5, 0.6) is 0 Å². The minimum atomic E-state index is -0.616. The molecule has 3 nitrogen and oxygen atoms in total. The first kappa shape index (κ1) is 31.6. The Bertz CT molecular complexity index is 1350. The summed E-state index contributed by atoms with van der Waals surface area (Å²) in [5.74, 6) is 1.91. The van der Waals surface area contributed by atoms with Gasteiger partial charge in [-0.2, -0.15) is 0 Å². The van der Waals surface area contributed by atoms with Crippen molar-refractivity contribution >= 4 is 73.2 Å². The highest BCUT2D eigenvalue weighted by Gasteiger charge is 2.38. The van der Waals surface area contributed by atoms with E-state index in [0.717, 1.165) is 42.5 Å². The zero-order valence-electron chi connectivity index (χ0n) is 23.2. The van der Waals surface area contributed by atoms with Gasteiger partial charge in [0.2, 0.25) is 0 Å². The fourth-order valence-electron chi connectivity index (χ4n) is 4.81. The van der Waals surface area contributed by atoms with Gasteiger partial charge in [-0.3, -0.25) is 14.4 Å². The Kier molecular flexibility index (Phi) is 11.3. The van der Waals surface area contributed by atoms with Crippen molar-refractivity contribution in [1.29, 1.82) is 0 Å². The van der Waals surface area contributed by atoms with E-state index in [-0.39, 0.29) is 15.3 Å². The lowest BCUT2D eigenvalue weighted by Crippen LogP contribution is -2.31. The van der Waals surface area contributed by atoms with Gasteiger partial charge in [0.25, 0.3) is 0 Å². The fraction of sp³-hybridized carbons (Fsp3) is 0.206. The van der Waals surface area contributed by atoms with E-state index in [0.29, 0.717) is 17.3 Å². The van der Waals surface area contributed by atoms with Gasteiger partial charge in [-0.15, -0.1) is 0 Å². The van der Waals surface area contributed by atoms with Crippen molar-refractivity contribution in [1.82, 2.24) is 0 Å². The Morgan fingerprint density at radius 3 is 0.976 bits per heavy atom. The molecule has 4 aromatic rings. The molecule has 0 N–H and O–H groups in total. The predicted octanol–water partition coefficient (Wildman–Crippen LogP) is 9.01. The lowest BCUT2D eigenvalue weighted by Gasteiger charge is -2.37. The molecule has 41 heavy (non-hydrogen) atoms. The molecule has 0 unspecified atom stereocenters. The van der Waals surface area contributed by atoms with Crippen LogP contribution in [-0.2, 0) is 37.1 Å². The molecule has 0 aliphatic carbocycles. The second-order valence-electron chi connectivity index (χ2n) is 9.69. The van der Waals surface area contributed by atoms with Gasteiger partial charge in [0, 0.05) is 41.6 Å². The highest BCUT2D eigenvalue weighted by atomic mass is 127. The summed E-state index contributed by atoms with van der Waals surface area (Å²) in [6.45, 7) is 4.79. The molecule has 4 aromatic carbocycles. The number of hydrogen-bond donors (Lipinski definition) is 0. The van der Waals surface area contributed by atoms with Crippen LogP contribution in [0.25, 0.3) is 0 Å². The molecular weight excluding hydrogens is 679 g/mol. The summed E-state index contributed by atoms with van der Waals surface area (Å²) in [5.41, 5.74) is 7.16. The Morgan fingerprint density at radius 1 is 0.488 bits per heavy atom. The first-order valence-electron chi connectivity index (χ1n) is 13.1. The van der Waals surface area contributed by atoms with Crippen LogP contribution >= 0.6 is 57.9 Å². The lowest BCUT2D eigenvalue weighted by molar-refractivity contribution is -0.109. The second-order valence-corrected chi connectivity index (χ2v) is 14.4. The summed E-state index contributed by atoms with van der Waals surface area (Å²) in [6, 6.07) is 34.4. The van der Waals surface area contributed by atoms with E-state index in [2.05, 4.69) is 120 Å². The average Bonchev–Trinajstić information content (AvgIpc) is 2.97. The molecule has 0 aliphatic rings. The normalized spacial score (nSPS) is 11.3. The van der Waals surface area contributed by atoms with Crippen LogP contribution in [-0.4, -0.2) is 15.3 Å². The maximum absolute atomic E-state index is 11.6. The first-order valence-corrected chi connectivity index (χ1v) is 17.2. The summed E-state index contributed by atoms with van der Waals surface area (Å²) >= 11 is 6.27. The standard InChI is InChI=1S/C34H31IO3S3/c1-23(36)39-20-26-4-10-29(11-5-26)34(32-16-18-33(35)19-17-32,30-12-6-27(7-13-30)21-40-24(2)37)31-14-8-28(9-15-31)22-41-25(3)38/h4-19H,20-22H2,1-3H3. The smallest absolute Gasteiger partial charge is 0.186 e. The van der Waals surface area contributed by atoms with Crippen molar-refractivity contribution in [2.45, 2.75) is 43.4 Å². The summed E-state index contributed by atoms with van der Waals surface area (Å²) in [7, 11) is 0. The Balaban J connectivity index is 1.90. The SMILES string of the molecule is CC(=O)SCc1ccc(C(c2ccc(I)cc2)(c2ccc(CSC(C)=O)cc2)c2ccc(CSC(C)=O)cc2)cc1. The van der Waals surface area contributed by atoms with E-state index in [9.17, 15) is 14.4 Å².